The summed E-state index contributed by atoms with van der Waals surface area (Å²) in [6, 6.07) is 3.34. The molecule has 0 aliphatic heterocycles. The SMILES string of the molecule is CCc1ccc(F)c2c1CCC2N. The van der Waals surface area contributed by atoms with Gasteiger partial charge >= 0.3 is 0 Å². The van der Waals surface area contributed by atoms with Crippen LogP contribution in [0.4, 0.5) is 4.39 Å². The number of fused-ring (bicyclic) bond motifs is 1. The molecule has 1 atom stereocenters. The highest BCUT2D eigenvalue weighted by Gasteiger charge is 2.24. The quantitative estimate of drug-likeness (QED) is 0.703. The van der Waals surface area contributed by atoms with Gasteiger partial charge in [0.2, 0.25) is 0 Å². The Balaban J connectivity index is 2.59. The predicted molar refractivity (Wildman–Crippen MR) is 51.0 cm³/mol. The monoisotopic (exact) mass is 179 g/mol. The van der Waals surface area contributed by atoms with Crippen LogP contribution >= 0.6 is 0 Å². The predicted octanol–water partition coefficient (Wildman–Crippen LogP) is 2.33. The van der Waals surface area contributed by atoms with E-state index < -0.39 is 0 Å². The number of benzene rings is 1. The first-order valence-electron chi connectivity index (χ1n) is 4.79. The molecule has 1 aromatic rings. The summed E-state index contributed by atoms with van der Waals surface area (Å²) < 4.78 is 13.4. The Bertz CT molecular complexity index is 333. The van der Waals surface area contributed by atoms with E-state index in [0.717, 1.165) is 30.4 Å². The van der Waals surface area contributed by atoms with Crippen LogP contribution in [0.3, 0.4) is 0 Å². The number of hydrogen-bond donors (Lipinski definition) is 1. The maximum Gasteiger partial charge on any atom is 0.128 e. The third-order valence-electron chi connectivity index (χ3n) is 2.86. The summed E-state index contributed by atoms with van der Waals surface area (Å²) in [5, 5.41) is 0. The Morgan fingerprint density at radius 3 is 3.00 bits per heavy atom. The summed E-state index contributed by atoms with van der Waals surface area (Å²) in [7, 11) is 0. The van der Waals surface area contributed by atoms with Gasteiger partial charge in [-0.3, -0.25) is 0 Å². The van der Waals surface area contributed by atoms with E-state index in [2.05, 4.69) is 6.92 Å². The van der Waals surface area contributed by atoms with Crippen molar-refractivity contribution in [3.8, 4) is 0 Å². The molecule has 0 fully saturated rings. The van der Waals surface area contributed by atoms with E-state index in [1.54, 1.807) is 6.07 Å². The highest BCUT2D eigenvalue weighted by atomic mass is 19.1. The summed E-state index contributed by atoms with van der Waals surface area (Å²) in [5.41, 5.74) is 9.01. The lowest BCUT2D eigenvalue weighted by Crippen LogP contribution is -2.07. The molecule has 2 heteroatoms. The molecule has 1 aromatic carbocycles. The van der Waals surface area contributed by atoms with Gasteiger partial charge < -0.3 is 5.73 Å². The summed E-state index contributed by atoms with van der Waals surface area (Å²) in [6.45, 7) is 2.09. The fourth-order valence-corrected chi connectivity index (χ4v) is 2.15. The van der Waals surface area contributed by atoms with Crippen LogP contribution in [-0.4, -0.2) is 0 Å². The first-order valence-corrected chi connectivity index (χ1v) is 4.79. The van der Waals surface area contributed by atoms with Crippen molar-refractivity contribution in [1.82, 2.24) is 0 Å². The molecule has 2 N–H and O–H groups in total. The molecule has 2 rings (SSSR count). The number of aryl methyl sites for hydroxylation is 1. The van der Waals surface area contributed by atoms with Gasteiger partial charge in [-0.25, -0.2) is 4.39 Å². The average molecular weight is 179 g/mol. The van der Waals surface area contributed by atoms with Gasteiger partial charge in [-0.1, -0.05) is 13.0 Å². The van der Waals surface area contributed by atoms with Crippen molar-refractivity contribution in [1.29, 1.82) is 0 Å². The average Bonchev–Trinajstić information content (AvgIpc) is 2.50. The van der Waals surface area contributed by atoms with Crippen LogP contribution in [0, 0.1) is 5.82 Å². The molecule has 0 radical (unpaired) electrons. The van der Waals surface area contributed by atoms with Crippen LogP contribution in [0.5, 0.6) is 0 Å². The summed E-state index contributed by atoms with van der Waals surface area (Å²) >= 11 is 0. The Hall–Kier alpha value is -0.890. The summed E-state index contributed by atoms with van der Waals surface area (Å²) in [5.74, 6) is -0.128. The normalized spacial score (nSPS) is 20.4. The van der Waals surface area contributed by atoms with Gasteiger partial charge in [0.1, 0.15) is 5.82 Å². The van der Waals surface area contributed by atoms with Gasteiger partial charge in [0, 0.05) is 11.6 Å². The van der Waals surface area contributed by atoms with E-state index in [-0.39, 0.29) is 11.9 Å². The second kappa shape index (κ2) is 3.11. The third-order valence-corrected chi connectivity index (χ3v) is 2.86. The molecule has 0 bridgehead atoms. The molecule has 0 amide bonds. The van der Waals surface area contributed by atoms with Crippen molar-refractivity contribution in [3.05, 3.63) is 34.6 Å². The van der Waals surface area contributed by atoms with Gasteiger partial charge in [-0.05, 0) is 36.5 Å². The van der Waals surface area contributed by atoms with Gasteiger partial charge in [0.05, 0.1) is 0 Å². The molecule has 1 unspecified atom stereocenters. The second-order valence-electron chi connectivity index (χ2n) is 3.60. The van der Waals surface area contributed by atoms with Crippen LogP contribution in [0.2, 0.25) is 0 Å². The zero-order valence-corrected chi connectivity index (χ0v) is 7.81. The largest absolute Gasteiger partial charge is 0.324 e. The van der Waals surface area contributed by atoms with Crippen LogP contribution in [-0.2, 0) is 12.8 Å². The van der Waals surface area contributed by atoms with Crippen LogP contribution in [0.15, 0.2) is 12.1 Å². The Labute approximate surface area is 77.8 Å². The van der Waals surface area contributed by atoms with Gasteiger partial charge in [-0.15, -0.1) is 0 Å². The van der Waals surface area contributed by atoms with E-state index in [9.17, 15) is 4.39 Å². The zero-order chi connectivity index (χ0) is 9.42. The van der Waals surface area contributed by atoms with Crippen LogP contribution in [0.25, 0.3) is 0 Å². The van der Waals surface area contributed by atoms with Gasteiger partial charge in [-0.2, -0.15) is 0 Å². The molecular weight excluding hydrogens is 165 g/mol. The second-order valence-corrected chi connectivity index (χ2v) is 3.60. The van der Waals surface area contributed by atoms with Gasteiger partial charge in [0.25, 0.3) is 0 Å². The van der Waals surface area contributed by atoms with Crippen molar-refractivity contribution >= 4 is 0 Å². The van der Waals surface area contributed by atoms with Crippen LogP contribution < -0.4 is 5.73 Å². The minimum atomic E-state index is -0.128. The number of nitrogens with two attached hydrogens (primary N) is 1. The minimum Gasteiger partial charge on any atom is -0.324 e. The molecule has 0 heterocycles. The highest BCUT2D eigenvalue weighted by Crippen LogP contribution is 2.33. The van der Waals surface area contributed by atoms with Crippen LogP contribution in [0.1, 0.15) is 36.1 Å². The Morgan fingerprint density at radius 2 is 2.31 bits per heavy atom. The minimum absolute atomic E-state index is 0.0819. The van der Waals surface area contributed by atoms with E-state index in [4.69, 9.17) is 5.73 Å². The topological polar surface area (TPSA) is 26.0 Å². The lowest BCUT2D eigenvalue weighted by molar-refractivity contribution is 0.588. The highest BCUT2D eigenvalue weighted by molar-refractivity contribution is 5.41. The number of halogens is 1. The van der Waals surface area contributed by atoms with Crippen molar-refractivity contribution in [2.24, 2.45) is 5.73 Å². The molecule has 1 aliphatic rings. The molecule has 0 aromatic heterocycles. The fourth-order valence-electron chi connectivity index (χ4n) is 2.15. The molecule has 70 valence electrons. The number of rotatable bonds is 1. The molecular formula is C11H14FN. The Kier molecular flexibility index (Phi) is 2.08. The fraction of sp³-hybridized carbons (Fsp3) is 0.455. The standard InChI is InChI=1S/C11H14FN/c1-2-7-3-5-9(12)11-8(7)4-6-10(11)13/h3,5,10H,2,4,6,13H2,1H3. The maximum atomic E-state index is 13.4. The molecule has 13 heavy (non-hydrogen) atoms. The van der Waals surface area contributed by atoms with Crippen molar-refractivity contribution in [2.45, 2.75) is 32.2 Å². The third kappa shape index (κ3) is 1.25. The molecule has 0 saturated heterocycles. The molecule has 1 nitrogen and oxygen atoms in total. The maximum absolute atomic E-state index is 13.4. The lowest BCUT2D eigenvalue weighted by Gasteiger charge is -2.09. The van der Waals surface area contributed by atoms with E-state index in [1.165, 1.54) is 5.56 Å². The van der Waals surface area contributed by atoms with E-state index in [1.807, 2.05) is 6.07 Å². The summed E-state index contributed by atoms with van der Waals surface area (Å²) in [4.78, 5) is 0. The molecule has 0 saturated carbocycles. The smallest absolute Gasteiger partial charge is 0.128 e. The zero-order valence-electron chi connectivity index (χ0n) is 7.81. The van der Waals surface area contributed by atoms with E-state index in [0.29, 0.717) is 0 Å². The van der Waals surface area contributed by atoms with E-state index >= 15 is 0 Å². The van der Waals surface area contributed by atoms with Crippen molar-refractivity contribution < 1.29 is 4.39 Å². The van der Waals surface area contributed by atoms with Crippen molar-refractivity contribution in [2.75, 3.05) is 0 Å². The Morgan fingerprint density at radius 1 is 1.54 bits per heavy atom. The molecule has 0 spiro atoms. The molecule has 1 aliphatic carbocycles. The van der Waals surface area contributed by atoms with Crippen molar-refractivity contribution in [3.63, 3.8) is 0 Å². The lowest BCUT2D eigenvalue weighted by atomic mass is 10.0. The number of hydrogen-bond acceptors (Lipinski definition) is 1. The van der Waals surface area contributed by atoms with Gasteiger partial charge in [0.15, 0.2) is 0 Å². The first-order chi connectivity index (χ1) is 6.24. The summed E-state index contributed by atoms with van der Waals surface area (Å²) in [6.07, 6.45) is 2.80. The first kappa shape index (κ1) is 8.70.